The van der Waals surface area contributed by atoms with Gasteiger partial charge in [0.15, 0.2) is 0 Å². The fraction of sp³-hybridized carbons (Fsp3) is 0.375. The van der Waals surface area contributed by atoms with E-state index in [1.165, 1.54) is 13.8 Å². The van der Waals surface area contributed by atoms with Crippen molar-refractivity contribution >= 4 is 46.7 Å². The molecule has 5 heteroatoms. The van der Waals surface area contributed by atoms with E-state index >= 15 is 0 Å². The highest BCUT2D eigenvalue weighted by Crippen LogP contribution is 2.45. The summed E-state index contributed by atoms with van der Waals surface area (Å²) in [6.07, 6.45) is 10.2. The molecule has 53 heavy (non-hydrogen) atoms. The molecule has 0 radical (unpaired) electrons. The Morgan fingerprint density at radius 3 is 1.25 bits per heavy atom. The second-order valence-corrected chi connectivity index (χ2v) is 19.2. The van der Waals surface area contributed by atoms with Crippen LogP contribution in [0.3, 0.4) is 0 Å². The molecule has 0 aliphatic heterocycles. The zero-order valence-corrected chi connectivity index (χ0v) is 36.2. The molecule has 0 amide bonds. The van der Waals surface area contributed by atoms with E-state index in [9.17, 15) is 9.59 Å². The van der Waals surface area contributed by atoms with Gasteiger partial charge >= 0.3 is 11.9 Å². The number of esters is 2. The van der Waals surface area contributed by atoms with Crippen molar-refractivity contribution < 1.29 is 19.1 Å². The summed E-state index contributed by atoms with van der Waals surface area (Å²) < 4.78 is 12.8. The van der Waals surface area contributed by atoms with Crippen LogP contribution in [-0.2, 0) is 31.2 Å². The highest BCUT2D eigenvalue weighted by Gasteiger charge is 2.31. The maximum atomic E-state index is 12.2. The molecule has 4 rings (SSSR count). The third-order valence-electron chi connectivity index (χ3n) is 9.22. The molecule has 4 aromatic carbocycles. The fourth-order valence-electron chi connectivity index (χ4n) is 6.36. The molecule has 0 heterocycles. The molecule has 0 aromatic heterocycles. The Bertz CT molecular complexity index is 2060. The van der Waals surface area contributed by atoms with Gasteiger partial charge in [0.05, 0.1) is 0 Å². The van der Waals surface area contributed by atoms with E-state index in [0.717, 1.165) is 64.8 Å². The smallest absolute Gasteiger partial charge is 0.308 e. The predicted molar refractivity (Wildman–Crippen MR) is 231 cm³/mol. The third-order valence-corrected chi connectivity index (χ3v) is 10.2. The molecule has 0 atom stereocenters. The van der Waals surface area contributed by atoms with Crippen molar-refractivity contribution in [2.45, 2.75) is 119 Å². The zero-order valence-electron chi connectivity index (χ0n) is 34.0. The van der Waals surface area contributed by atoms with E-state index in [2.05, 4.69) is 178 Å². The topological polar surface area (TPSA) is 52.6 Å². The van der Waals surface area contributed by atoms with Gasteiger partial charge in [0, 0.05) is 45.2 Å². The molecule has 0 spiro atoms. The first-order valence-electron chi connectivity index (χ1n) is 18.1. The first-order valence-corrected chi connectivity index (χ1v) is 19.2. The van der Waals surface area contributed by atoms with Crippen LogP contribution in [-0.4, -0.2) is 11.9 Å². The fourth-order valence-corrected chi connectivity index (χ4v) is 7.05. The lowest BCUT2D eigenvalue weighted by atomic mass is 9.77. The Hall–Kier alpha value is -4.15. The second kappa shape index (κ2) is 15.3. The van der Waals surface area contributed by atoms with Gasteiger partial charge in [-0.3, -0.25) is 9.59 Å². The van der Waals surface area contributed by atoms with Crippen LogP contribution in [0.4, 0.5) is 0 Å². The lowest BCUT2D eigenvalue weighted by Gasteiger charge is -2.30. The highest BCUT2D eigenvalue weighted by atomic mass is 127. The number of carbonyl (C=O) groups is 2. The quantitative estimate of drug-likeness (QED) is 0.0639. The summed E-state index contributed by atoms with van der Waals surface area (Å²) in [6, 6.07) is 21.3. The summed E-state index contributed by atoms with van der Waals surface area (Å²) in [5.41, 5.74) is 9.99. The first kappa shape index (κ1) is 41.6. The predicted octanol–water partition coefficient (Wildman–Crippen LogP) is 12.8. The van der Waals surface area contributed by atoms with Gasteiger partial charge in [-0.2, -0.15) is 0 Å². The van der Waals surface area contributed by atoms with E-state index in [4.69, 9.17) is 15.9 Å². The minimum absolute atomic E-state index is 0.243. The molecule has 0 aliphatic rings. The Morgan fingerprint density at radius 2 is 0.906 bits per heavy atom. The number of hydrogen-bond donors (Lipinski definition) is 0. The third kappa shape index (κ3) is 9.89. The van der Waals surface area contributed by atoms with Crippen molar-refractivity contribution in [1.82, 2.24) is 0 Å². The molecule has 0 unspecified atom stereocenters. The zero-order chi connectivity index (χ0) is 39.8. The van der Waals surface area contributed by atoms with Crippen LogP contribution >= 0.6 is 22.6 Å². The SMILES string of the molecule is C#Cc1ccc(-c2cc(C(C)(C)C)c(OC(C)=O)c(C(C)(C)C)c2)cc1/C=C/c1ccc(-c2cc(C(C)(C)C)c(OC(C)=O)c(C(C)(C)C)c2)cc1I. The van der Waals surface area contributed by atoms with E-state index in [1.807, 2.05) is 6.07 Å². The van der Waals surface area contributed by atoms with Crippen molar-refractivity contribution in [2.75, 3.05) is 0 Å². The number of benzene rings is 4. The van der Waals surface area contributed by atoms with Gasteiger partial charge < -0.3 is 9.47 Å². The van der Waals surface area contributed by atoms with E-state index < -0.39 is 0 Å². The monoisotopic (exact) mass is 822 g/mol. The van der Waals surface area contributed by atoms with Crippen molar-refractivity contribution in [1.29, 1.82) is 0 Å². The lowest BCUT2D eigenvalue weighted by molar-refractivity contribution is -0.133. The largest absolute Gasteiger partial charge is 0.426 e. The van der Waals surface area contributed by atoms with Gasteiger partial charge in [-0.15, -0.1) is 6.42 Å². The molecular weight excluding hydrogens is 767 g/mol. The Labute approximate surface area is 331 Å². The van der Waals surface area contributed by atoms with Crippen LogP contribution in [0, 0.1) is 15.9 Å². The summed E-state index contributed by atoms with van der Waals surface area (Å²) in [6.45, 7) is 28.6. The number of terminal acetylenes is 1. The van der Waals surface area contributed by atoms with E-state index in [1.54, 1.807) is 0 Å². The first-order chi connectivity index (χ1) is 24.3. The Kier molecular flexibility index (Phi) is 12.0. The average Bonchev–Trinajstić information content (AvgIpc) is 3.01. The van der Waals surface area contributed by atoms with Crippen molar-refractivity contribution in [3.63, 3.8) is 0 Å². The van der Waals surface area contributed by atoms with Crippen molar-refractivity contribution in [3.05, 3.63) is 103 Å². The molecule has 0 saturated heterocycles. The van der Waals surface area contributed by atoms with Gasteiger partial charge in [0.2, 0.25) is 0 Å². The van der Waals surface area contributed by atoms with Gasteiger partial charge in [0.1, 0.15) is 11.5 Å². The number of halogens is 1. The van der Waals surface area contributed by atoms with Crippen molar-refractivity contribution in [3.8, 4) is 46.1 Å². The van der Waals surface area contributed by atoms with E-state index in [-0.39, 0.29) is 33.6 Å². The lowest BCUT2D eigenvalue weighted by Crippen LogP contribution is -2.21. The van der Waals surface area contributed by atoms with Gasteiger partial charge in [0.25, 0.3) is 0 Å². The second-order valence-electron chi connectivity index (χ2n) is 18.0. The van der Waals surface area contributed by atoms with Crippen LogP contribution in [0.15, 0.2) is 60.7 Å². The minimum Gasteiger partial charge on any atom is -0.426 e. The molecule has 278 valence electrons. The van der Waals surface area contributed by atoms with E-state index in [0.29, 0.717) is 11.5 Å². The molecule has 0 bridgehead atoms. The van der Waals surface area contributed by atoms with Crippen LogP contribution in [0.25, 0.3) is 34.4 Å². The summed E-state index contributed by atoms with van der Waals surface area (Å²) in [4.78, 5) is 24.4. The minimum atomic E-state index is -0.330. The Morgan fingerprint density at radius 1 is 0.547 bits per heavy atom. The molecule has 4 aromatic rings. The van der Waals surface area contributed by atoms with Crippen LogP contribution in [0.5, 0.6) is 11.5 Å². The normalized spacial score (nSPS) is 12.5. The molecule has 4 nitrogen and oxygen atoms in total. The number of rotatable bonds is 6. The summed E-state index contributed by atoms with van der Waals surface area (Å²) in [7, 11) is 0. The maximum absolute atomic E-state index is 12.2. The molecule has 0 fully saturated rings. The van der Waals surface area contributed by atoms with Crippen LogP contribution in [0.2, 0.25) is 0 Å². The molecular formula is C48H55IO4. The van der Waals surface area contributed by atoms with Gasteiger partial charge in [-0.05, 0) is 120 Å². The molecule has 0 saturated carbocycles. The molecule has 0 N–H and O–H groups in total. The van der Waals surface area contributed by atoms with Gasteiger partial charge in [-0.1, -0.05) is 119 Å². The average molecular weight is 823 g/mol. The maximum Gasteiger partial charge on any atom is 0.308 e. The Balaban J connectivity index is 1.82. The summed E-state index contributed by atoms with van der Waals surface area (Å²) in [5, 5.41) is 0. The van der Waals surface area contributed by atoms with Crippen LogP contribution < -0.4 is 9.47 Å². The number of ether oxygens (including phenoxy) is 2. The number of hydrogen-bond acceptors (Lipinski definition) is 4. The highest BCUT2D eigenvalue weighted by molar-refractivity contribution is 14.1. The summed E-state index contributed by atoms with van der Waals surface area (Å²) in [5.74, 6) is 3.52. The van der Waals surface area contributed by atoms with Gasteiger partial charge in [-0.25, -0.2) is 0 Å². The number of carbonyl (C=O) groups excluding carboxylic acids is 2. The molecule has 0 aliphatic carbocycles. The summed E-state index contributed by atoms with van der Waals surface area (Å²) >= 11 is 2.40. The van der Waals surface area contributed by atoms with Crippen molar-refractivity contribution in [2.24, 2.45) is 0 Å². The van der Waals surface area contributed by atoms with Crippen LogP contribution in [0.1, 0.15) is 136 Å². The standard InChI is InChI=1S/C48H55IO4/c1-16-31-17-20-34(36-24-38(45(4,5)6)43(52-29(2)50)39(25-36)46(7,8)9)23-33(31)21-18-32-19-22-35(28-42(32)49)37-26-40(47(10,11)12)44(53-30(3)51)41(27-37)48(13,14)15/h1,17-28H,2-15H3/b21-18+.